The van der Waals surface area contributed by atoms with Crippen LogP contribution in [0.15, 0.2) is 29.1 Å². The van der Waals surface area contributed by atoms with E-state index in [1.807, 2.05) is 52.0 Å². The zero-order valence-electron chi connectivity index (χ0n) is 21.0. The summed E-state index contributed by atoms with van der Waals surface area (Å²) in [7, 11) is 1.72. The monoisotopic (exact) mass is 465 g/mol. The van der Waals surface area contributed by atoms with Gasteiger partial charge in [0.2, 0.25) is 11.9 Å². The van der Waals surface area contributed by atoms with E-state index in [-0.39, 0.29) is 11.5 Å². The molecule has 1 amide bonds. The second kappa shape index (κ2) is 13.2. The first-order chi connectivity index (χ1) is 16.4. The van der Waals surface area contributed by atoms with E-state index in [9.17, 15) is 9.59 Å². The molecule has 1 aliphatic heterocycles. The summed E-state index contributed by atoms with van der Waals surface area (Å²) in [4.78, 5) is 38.5. The summed E-state index contributed by atoms with van der Waals surface area (Å²) in [6.45, 7) is 12.6. The minimum atomic E-state index is -0.146. The molecule has 3 heterocycles. The number of anilines is 2. The van der Waals surface area contributed by atoms with Crippen LogP contribution in [0.25, 0.3) is 11.2 Å². The van der Waals surface area contributed by atoms with Gasteiger partial charge in [0.05, 0.1) is 0 Å². The van der Waals surface area contributed by atoms with E-state index in [2.05, 4.69) is 42.3 Å². The summed E-state index contributed by atoms with van der Waals surface area (Å²) in [5.41, 5.74) is 2.38. The number of fused-ring (bicyclic) bond motifs is 1. The molecule has 4 rings (SSSR count). The van der Waals surface area contributed by atoms with E-state index in [0.29, 0.717) is 29.4 Å². The van der Waals surface area contributed by atoms with E-state index >= 15 is 0 Å². The Morgan fingerprint density at radius 3 is 2.44 bits per heavy atom. The van der Waals surface area contributed by atoms with Crippen molar-refractivity contribution in [2.75, 3.05) is 36.4 Å². The number of piperazine rings is 1. The minimum Gasteiger partial charge on any atom is -0.340 e. The van der Waals surface area contributed by atoms with Gasteiger partial charge in [0.15, 0.2) is 11.2 Å². The third-order valence-corrected chi connectivity index (χ3v) is 5.09. The highest BCUT2D eigenvalue weighted by Crippen LogP contribution is 2.17. The lowest BCUT2D eigenvalue weighted by atomic mass is 10.1. The number of rotatable bonds is 4. The molecule has 1 aliphatic rings. The minimum absolute atomic E-state index is 0.124. The maximum atomic E-state index is 12.8. The number of benzene rings is 1. The number of hydrogen-bond acceptors (Lipinski definition) is 6. The molecule has 0 saturated carbocycles. The van der Waals surface area contributed by atoms with Crippen molar-refractivity contribution in [3.8, 4) is 11.8 Å². The van der Waals surface area contributed by atoms with Crippen LogP contribution >= 0.6 is 0 Å². The Kier molecular flexibility index (Phi) is 10.3. The van der Waals surface area contributed by atoms with Gasteiger partial charge in [-0.05, 0) is 31.5 Å². The molecule has 1 aromatic carbocycles. The number of hydrogen-bond donors (Lipinski definition) is 3. The van der Waals surface area contributed by atoms with E-state index < -0.39 is 0 Å². The van der Waals surface area contributed by atoms with Crippen molar-refractivity contribution in [1.29, 1.82) is 0 Å². The lowest BCUT2D eigenvalue weighted by Crippen LogP contribution is -2.44. The molecule has 1 fully saturated rings. The van der Waals surface area contributed by atoms with Crippen LogP contribution in [0.2, 0.25) is 0 Å². The van der Waals surface area contributed by atoms with Gasteiger partial charge in [-0.1, -0.05) is 26.0 Å². The molecule has 9 heteroatoms. The molecular weight excluding hydrogens is 430 g/mol. The second-order valence-electron chi connectivity index (χ2n) is 7.45. The molecular formula is C25H35N7O2. The van der Waals surface area contributed by atoms with Gasteiger partial charge >= 0.3 is 0 Å². The summed E-state index contributed by atoms with van der Waals surface area (Å²) in [6.07, 6.45) is 0.463. The predicted molar refractivity (Wildman–Crippen MR) is 138 cm³/mol. The molecule has 0 aliphatic carbocycles. The van der Waals surface area contributed by atoms with Gasteiger partial charge < -0.3 is 20.5 Å². The van der Waals surface area contributed by atoms with Crippen LogP contribution in [0.4, 0.5) is 11.6 Å². The normalized spacial score (nSPS) is 12.5. The van der Waals surface area contributed by atoms with Crippen molar-refractivity contribution in [3.63, 3.8) is 0 Å². The highest BCUT2D eigenvalue weighted by atomic mass is 16.1. The van der Waals surface area contributed by atoms with E-state index in [4.69, 9.17) is 0 Å². The number of H-pyrrole nitrogens is 1. The van der Waals surface area contributed by atoms with Gasteiger partial charge in [0.1, 0.15) is 5.82 Å². The number of carbonyl (C=O) groups excluding carboxylic acids is 1. The molecule has 0 radical (unpaired) electrons. The van der Waals surface area contributed by atoms with Crippen LogP contribution in [-0.2, 0) is 18.3 Å². The van der Waals surface area contributed by atoms with Crippen molar-refractivity contribution in [2.24, 2.45) is 7.05 Å². The maximum Gasteiger partial charge on any atom is 0.279 e. The van der Waals surface area contributed by atoms with Crippen molar-refractivity contribution < 1.29 is 4.79 Å². The van der Waals surface area contributed by atoms with Gasteiger partial charge in [-0.3, -0.25) is 14.2 Å². The SMILES string of the molecule is CC.CC#CC.CC(=O)Nc1cccc(Cc2nc3nc(N4CCNCC4)[nH]c3c(=O)n2C)c1. The summed E-state index contributed by atoms with van der Waals surface area (Å²) < 4.78 is 1.55. The lowest BCUT2D eigenvalue weighted by Gasteiger charge is -2.26. The number of aromatic amines is 1. The third kappa shape index (κ3) is 6.93. The fraction of sp³-hybridized carbons (Fsp3) is 0.440. The van der Waals surface area contributed by atoms with Crippen LogP contribution in [0, 0.1) is 11.8 Å². The Bertz CT molecular complexity index is 1210. The first kappa shape index (κ1) is 26.6. The van der Waals surface area contributed by atoms with E-state index in [1.54, 1.807) is 11.6 Å². The van der Waals surface area contributed by atoms with Crippen LogP contribution in [0.1, 0.15) is 46.0 Å². The molecule has 1 saturated heterocycles. The van der Waals surface area contributed by atoms with Gasteiger partial charge in [0, 0.05) is 52.3 Å². The Morgan fingerprint density at radius 1 is 1.15 bits per heavy atom. The zero-order chi connectivity index (χ0) is 25.1. The number of imidazole rings is 1. The number of nitrogens with zero attached hydrogens (tertiary/aromatic N) is 4. The van der Waals surface area contributed by atoms with Crippen LogP contribution in [0.5, 0.6) is 0 Å². The zero-order valence-corrected chi connectivity index (χ0v) is 21.0. The van der Waals surface area contributed by atoms with Gasteiger partial charge in [0.25, 0.3) is 5.56 Å². The molecule has 2 aromatic heterocycles. The van der Waals surface area contributed by atoms with Gasteiger partial charge in [-0.2, -0.15) is 4.98 Å². The van der Waals surface area contributed by atoms with Crippen LogP contribution < -0.4 is 21.1 Å². The Hall–Kier alpha value is -3.64. The number of nitrogens with one attached hydrogen (secondary N) is 3. The molecule has 0 spiro atoms. The Balaban J connectivity index is 0.000000618. The second-order valence-corrected chi connectivity index (χ2v) is 7.45. The average molecular weight is 466 g/mol. The fourth-order valence-electron chi connectivity index (χ4n) is 3.39. The average Bonchev–Trinajstić information content (AvgIpc) is 3.28. The Morgan fingerprint density at radius 2 is 1.82 bits per heavy atom. The van der Waals surface area contributed by atoms with E-state index in [0.717, 1.165) is 37.4 Å². The fourth-order valence-corrected chi connectivity index (χ4v) is 3.39. The molecule has 0 bridgehead atoms. The summed E-state index contributed by atoms with van der Waals surface area (Å²) in [6, 6.07) is 7.52. The summed E-state index contributed by atoms with van der Waals surface area (Å²) in [5, 5.41) is 6.07. The third-order valence-electron chi connectivity index (χ3n) is 5.09. The van der Waals surface area contributed by atoms with Crippen molar-refractivity contribution >= 4 is 28.7 Å². The first-order valence-electron chi connectivity index (χ1n) is 11.5. The maximum absolute atomic E-state index is 12.8. The summed E-state index contributed by atoms with van der Waals surface area (Å²) >= 11 is 0. The quantitative estimate of drug-likeness (QED) is 0.512. The Labute approximate surface area is 201 Å². The summed E-state index contributed by atoms with van der Waals surface area (Å²) in [5.74, 6) is 6.54. The molecule has 182 valence electrons. The molecule has 0 atom stereocenters. The molecule has 34 heavy (non-hydrogen) atoms. The predicted octanol–water partition coefficient (Wildman–Crippen LogP) is 2.67. The lowest BCUT2D eigenvalue weighted by molar-refractivity contribution is -0.114. The molecule has 3 aromatic rings. The smallest absolute Gasteiger partial charge is 0.279 e. The molecule has 9 nitrogen and oxygen atoms in total. The molecule has 3 N–H and O–H groups in total. The highest BCUT2D eigenvalue weighted by molar-refractivity contribution is 5.88. The number of carbonyl (C=O) groups is 1. The van der Waals surface area contributed by atoms with Crippen molar-refractivity contribution in [3.05, 3.63) is 46.0 Å². The van der Waals surface area contributed by atoms with Crippen LogP contribution in [-0.4, -0.2) is 51.6 Å². The van der Waals surface area contributed by atoms with Crippen molar-refractivity contribution in [1.82, 2.24) is 24.8 Å². The number of aromatic nitrogens is 4. The highest BCUT2D eigenvalue weighted by Gasteiger charge is 2.18. The first-order valence-corrected chi connectivity index (χ1v) is 11.5. The number of amides is 1. The van der Waals surface area contributed by atoms with Gasteiger partial charge in [-0.25, -0.2) is 4.98 Å². The van der Waals surface area contributed by atoms with Crippen molar-refractivity contribution in [2.45, 2.75) is 41.0 Å². The van der Waals surface area contributed by atoms with E-state index in [1.165, 1.54) is 6.92 Å². The van der Waals surface area contributed by atoms with Gasteiger partial charge in [-0.15, -0.1) is 11.8 Å². The molecule has 0 unspecified atom stereocenters. The standard InChI is InChI=1S/C19H23N7O2.C4H6.C2H6/c1-12(27)21-14-5-3-4-13(10-14)11-15-22-17-16(18(28)25(15)2)23-19(24-17)26-8-6-20-7-9-26;1-3-4-2;1-2/h3-5,10,20H,6-9,11H2,1-2H3,(H,21,27)(H,23,24);1-2H3;1-2H3. The topological polar surface area (TPSA) is 108 Å². The van der Waals surface area contributed by atoms with Crippen LogP contribution in [0.3, 0.4) is 0 Å². The largest absolute Gasteiger partial charge is 0.340 e.